The molecule has 0 atom stereocenters. The van der Waals surface area contributed by atoms with Crippen molar-refractivity contribution in [3.63, 3.8) is 0 Å². The molecule has 0 spiro atoms. The van der Waals surface area contributed by atoms with Crippen molar-refractivity contribution in [2.24, 2.45) is 0 Å². The SMILES string of the molecule is c1ccc(-c2nc(-c3cccc(-c4ccc5c(ccc6ccc7c8ccccc8ccc7c65)c4)c3)nc(-c3cccc4c3sc3ccccc34)n2)cc1. The summed E-state index contributed by atoms with van der Waals surface area (Å²) >= 11 is 1.79. The highest BCUT2D eigenvalue weighted by molar-refractivity contribution is 7.26. The lowest BCUT2D eigenvalue weighted by Gasteiger charge is -2.12. The zero-order valence-electron chi connectivity index (χ0n) is 28.5. The highest BCUT2D eigenvalue weighted by Crippen LogP contribution is 2.40. The van der Waals surface area contributed by atoms with Gasteiger partial charge in [-0.3, -0.25) is 0 Å². The maximum Gasteiger partial charge on any atom is 0.165 e. The van der Waals surface area contributed by atoms with E-state index in [4.69, 9.17) is 15.0 Å². The Morgan fingerprint density at radius 3 is 1.87 bits per heavy atom. The lowest BCUT2D eigenvalue weighted by Crippen LogP contribution is -2.00. The lowest BCUT2D eigenvalue weighted by molar-refractivity contribution is 1.08. The van der Waals surface area contributed by atoms with Crippen molar-refractivity contribution in [1.82, 2.24) is 15.0 Å². The predicted octanol–water partition coefficient (Wildman–Crippen LogP) is 13.5. The van der Waals surface area contributed by atoms with Gasteiger partial charge in [0, 0.05) is 36.9 Å². The van der Waals surface area contributed by atoms with Gasteiger partial charge in [0.15, 0.2) is 17.5 Å². The number of hydrogen-bond acceptors (Lipinski definition) is 4. The molecule has 0 aliphatic rings. The van der Waals surface area contributed by atoms with Crippen LogP contribution in [0, 0.1) is 0 Å². The maximum absolute atomic E-state index is 5.17. The number of benzene rings is 9. The smallest absolute Gasteiger partial charge is 0.165 e. The van der Waals surface area contributed by atoms with Crippen LogP contribution in [-0.2, 0) is 0 Å². The molecule has 0 radical (unpaired) electrons. The summed E-state index contributed by atoms with van der Waals surface area (Å²) < 4.78 is 2.44. The first-order valence-electron chi connectivity index (χ1n) is 17.9. The van der Waals surface area contributed by atoms with Crippen molar-refractivity contribution >= 4 is 74.6 Å². The summed E-state index contributed by atoms with van der Waals surface area (Å²) in [4.78, 5) is 15.3. The Morgan fingerprint density at radius 1 is 0.321 bits per heavy atom. The van der Waals surface area contributed by atoms with Crippen LogP contribution in [0.25, 0.3) is 109 Å². The Kier molecular flexibility index (Phi) is 6.73. The molecule has 2 aromatic heterocycles. The normalized spacial score (nSPS) is 11.8. The summed E-state index contributed by atoms with van der Waals surface area (Å²) in [5.74, 6) is 1.99. The van der Waals surface area contributed by atoms with E-state index in [-0.39, 0.29) is 0 Å². The van der Waals surface area contributed by atoms with Gasteiger partial charge in [0.05, 0.1) is 0 Å². The van der Waals surface area contributed by atoms with Crippen LogP contribution in [0.5, 0.6) is 0 Å². The summed E-state index contributed by atoms with van der Waals surface area (Å²) in [6.45, 7) is 0. The van der Waals surface area contributed by atoms with E-state index in [0.29, 0.717) is 17.5 Å². The van der Waals surface area contributed by atoms with Crippen LogP contribution in [0.15, 0.2) is 176 Å². The molecule has 2 heterocycles. The molecule has 11 aromatic rings. The third-order valence-corrected chi connectivity index (χ3v) is 11.7. The van der Waals surface area contributed by atoms with Crippen LogP contribution in [0.3, 0.4) is 0 Å². The summed E-state index contributed by atoms with van der Waals surface area (Å²) in [5.41, 5.74) is 5.19. The molecule has 0 N–H and O–H groups in total. The minimum absolute atomic E-state index is 0.652. The number of nitrogens with zero attached hydrogens (tertiary/aromatic N) is 3. The topological polar surface area (TPSA) is 38.7 Å². The van der Waals surface area contributed by atoms with Crippen molar-refractivity contribution in [1.29, 1.82) is 0 Å². The van der Waals surface area contributed by atoms with Gasteiger partial charge in [-0.2, -0.15) is 0 Å². The first kappa shape index (κ1) is 29.9. The van der Waals surface area contributed by atoms with Crippen LogP contribution < -0.4 is 0 Å². The van der Waals surface area contributed by atoms with E-state index in [1.807, 2.05) is 18.2 Å². The molecule has 246 valence electrons. The molecule has 3 nitrogen and oxygen atoms in total. The summed E-state index contributed by atoms with van der Waals surface area (Å²) in [6.07, 6.45) is 0. The third-order valence-electron chi connectivity index (χ3n) is 10.5. The van der Waals surface area contributed by atoms with E-state index >= 15 is 0 Å². The van der Waals surface area contributed by atoms with E-state index in [2.05, 4.69) is 158 Å². The van der Waals surface area contributed by atoms with Crippen LogP contribution in [0.4, 0.5) is 0 Å². The molecule has 0 amide bonds. The Morgan fingerprint density at radius 2 is 0.943 bits per heavy atom. The Bertz CT molecular complexity index is 3240. The highest BCUT2D eigenvalue weighted by atomic mass is 32.1. The predicted molar refractivity (Wildman–Crippen MR) is 224 cm³/mol. The van der Waals surface area contributed by atoms with E-state index in [1.54, 1.807) is 11.3 Å². The van der Waals surface area contributed by atoms with Gasteiger partial charge in [-0.25, -0.2) is 15.0 Å². The quantitative estimate of drug-likeness (QED) is 0.172. The number of fused-ring (bicyclic) bond motifs is 10. The average Bonchev–Trinajstić information content (AvgIpc) is 3.62. The van der Waals surface area contributed by atoms with Gasteiger partial charge in [0.1, 0.15) is 0 Å². The molecule has 9 aromatic carbocycles. The fraction of sp³-hybridized carbons (Fsp3) is 0. The zero-order chi connectivity index (χ0) is 34.9. The largest absolute Gasteiger partial charge is 0.208 e. The van der Waals surface area contributed by atoms with Crippen molar-refractivity contribution < 1.29 is 0 Å². The molecule has 0 aliphatic carbocycles. The summed E-state index contributed by atoms with van der Waals surface area (Å²) in [5, 5.41) is 12.6. The van der Waals surface area contributed by atoms with Crippen LogP contribution in [-0.4, -0.2) is 15.0 Å². The molecule has 53 heavy (non-hydrogen) atoms. The van der Waals surface area contributed by atoms with Crippen molar-refractivity contribution in [2.75, 3.05) is 0 Å². The number of rotatable bonds is 4. The second-order valence-corrected chi connectivity index (χ2v) is 14.6. The first-order chi connectivity index (χ1) is 26.2. The van der Waals surface area contributed by atoms with Crippen molar-refractivity contribution in [3.05, 3.63) is 176 Å². The summed E-state index contributed by atoms with van der Waals surface area (Å²) in [6, 6.07) is 62.8. The average molecular weight is 692 g/mol. The Labute approximate surface area is 309 Å². The molecule has 11 rings (SSSR count). The minimum atomic E-state index is 0.652. The van der Waals surface area contributed by atoms with Gasteiger partial charge < -0.3 is 0 Å². The van der Waals surface area contributed by atoms with E-state index in [0.717, 1.165) is 27.8 Å². The molecule has 0 saturated carbocycles. The molecule has 0 saturated heterocycles. The second-order valence-electron chi connectivity index (χ2n) is 13.6. The van der Waals surface area contributed by atoms with E-state index in [1.165, 1.54) is 63.3 Å². The van der Waals surface area contributed by atoms with Gasteiger partial charge in [-0.1, -0.05) is 152 Å². The van der Waals surface area contributed by atoms with Crippen LogP contribution >= 0.6 is 11.3 Å². The van der Waals surface area contributed by atoms with Gasteiger partial charge in [0.2, 0.25) is 0 Å². The van der Waals surface area contributed by atoms with Gasteiger partial charge >= 0.3 is 0 Å². The maximum atomic E-state index is 5.17. The first-order valence-corrected chi connectivity index (χ1v) is 18.7. The molecular formula is C49H29N3S. The molecule has 0 unspecified atom stereocenters. The molecule has 0 bridgehead atoms. The second kappa shape index (κ2) is 11.9. The number of aromatic nitrogens is 3. The molecule has 0 fully saturated rings. The van der Waals surface area contributed by atoms with E-state index < -0.39 is 0 Å². The highest BCUT2D eigenvalue weighted by Gasteiger charge is 2.17. The van der Waals surface area contributed by atoms with Gasteiger partial charge in [-0.05, 0) is 78.5 Å². The monoisotopic (exact) mass is 691 g/mol. The molecular weight excluding hydrogens is 663 g/mol. The van der Waals surface area contributed by atoms with Crippen molar-refractivity contribution in [3.8, 4) is 45.3 Å². The fourth-order valence-corrected chi connectivity index (χ4v) is 9.15. The van der Waals surface area contributed by atoms with Gasteiger partial charge in [-0.15, -0.1) is 11.3 Å². The van der Waals surface area contributed by atoms with Crippen molar-refractivity contribution in [2.45, 2.75) is 0 Å². The fourth-order valence-electron chi connectivity index (χ4n) is 7.93. The third kappa shape index (κ3) is 4.91. The van der Waals surface area contributed by atoms with Crippen LogP contribution in [0.2, 0.25) is 0 Å². The number of thiophene rings is 1. The lowest BCUT2D eigenvalue weighted by atomic mass is 9.92. The standard InChI is InChI=1S/C49H29N3S/c1-2-11-32(12-3-1)47-50-48(52-49(51-47)43-18-9-17-42-40-16-6-7-19-44(40)53-46(42)43)36-14-8-13-33(29-36)34-24-25-38-35(28-34)21-20-31-23-26-39-37-15-5-4-10-30(37)22-27-41(39)45(31)38/h1-29H. The molecule has 4 heteroatoms. The number of hydrogen-bond donors (Lipinski definition) is 0. The Hall–Kier alpha value is -6.75. The Balaban J connectivity index is 1.06. The van der Waals surface area contributed by atoms with Gasteiger partial charge in [0.25, 0.3) is 0 Å². The van der Waals surface area contributed by atoms with E-state index in [9.17, 15) is 0 Å². The zero-order valence-corrected chi connectivity index (χ0v) is 29.3. The molecule has 0 aliphatic heterocycles. The summed E-state index contributed by atoms with van der Waals surface area (Å²) in [7, 11) is 0. The minimum Gasteiger partial charge on any atom is -0.208 e. The van der Waals surface area contributed by atoms with Crippen LogP contribution in [0.1, 0.15) is 0 Å².